The number of nitrogens with zero attached hydrogens (tertiary/aromatic N) is 1. The highest BCUT2D eigenvalue weighted by Crippen LogP contribution is 2.22. The Morgan fingerprint density at radius 2 is 1.81 bits per heavy atom. The third-order valence-electron chi connectivity index (χ3n) is 5.12. The lowest BCUT2D eigenvalue weighted by atomic mass is 9.97. The van der Waals surface area contributed by atoms with Gasteiger partial charge in [0.2, 0.25) is 0 Å². The molecule has 0 unspecified atom stereocenters. The summed E-state index contributed by atoms with van der Waals surface area (Å²) in [7, 11) is 1.56. The molecule has 0 radical (unpaired) electrons. The second-order valence-electron chi connectivity index (χ2n) is 7.25. The molecule has 1 saturated heterocycles. The number of carbonyl (C=O) groups excluding carboxylic acids is 2. The zero-order valence-corrected chi connectivity index (χ0v) is 16.8. The Kier molecular flexibility index (Phi) is 8.10. The number of hydrogen-bond donors (Lipinski definition) is 1. The summed E-state index contributed by atoms with van der Waals surface area (Å²) in [6.45, 7) is 5.59. The van der Waals surface area contributed by atoms with Gasteiger partial charge >= 0.3 is 0 Å². The van der Waals surface area contributed by atoms with E-state index in [0.717, 1.165) is 38.8 Å². The molecule has 1 N–H and O–H groups in total. The van der Waals surface area contributed by atoms with Gasteiger partial charge in [-0.1, -0.05) is 19.8 Å². The van der Waals surface area contributed by atoms with E-state index in [1.165, 1.54) is 6.42 Å². The molecule has 0 spiro atoms. The SMILES string of the molecule is CCCC[C@](C)(OC)C(=O)Nc1ccc(OCC(=O)N2CCCCC2)cc1. The van der Waals surface area contributed by atoms with E-state index in [4.69, 9.17) is 9.47 Å². The highest BCUT2D eigenvalue weighted by atomic mass is 16.5. The minimum atomic E-state index is -0.841. The number of likely N-dealkylation sites (tertiary alicyclic amines) is 1. The molecule has 1 aliphatic rings. The number of ether oxygens (including phenoxy) is 2. The number of amides is 2. The van der Waals surface area contributed by atoms with Crippen molar-refractivity contribution >= 4 is 17.5 Å². The van der Waals surface area contributed by atoms with Crippen LogP contribution in [-0.2, 0) is 14.3 Å². The standard InChI is InChI=1S/C21H32N2O4/c1-4-5-13-21(2,26-3)20(25)22-17-9-11-18(12-10-17)27-16-19(24)23-14-7-6-8-15-23/h9-12H,4-8,13-16H2,1-3H3,(H,22,25)/t21-/m0/s1. The summed E-state index contributed by atoms with van der Waals surface area (Å²) in [5.41, 5.74) is -0.166. The van der Waals surface area contributed by atoms with Crippen molar-refractivity contribution in [3.63, 3.8) is 0 Å². The average Bonchev–Trinajstić information content (AvgIpc) is 2.71. The van der Waals surface area contributed by atoms with Gasteiger partial charge in [-0.05, 0) is 56.9 Å². The van der Waals surface area contributed by atoms with Gasteiger partial charge in [0.05, 0.1) is 0 Å². The number of hydrogen-bond acceptors (Lipinski definition) is 4. The van der Waals surface area contributed by atoms with Gasteiger partial charge in [0, 0.05) is 25.9 Å². The van der Waals surface area contributed by atoms with Crippen LogP contribution in [0.15, 0.2) is 24.3 Å². The van der Waals surface area contributed by atoms with Gasteiger partial charge in [0.25, 0.3) is 11.8 Å². The molecule has 1 heterocycles. The average molecular weight is 376 g/mol. The molecule has 1 atom stereocenters. The summed E-state index contributed by atoms with van der Waals surface area (Å²) in [5, 5.41) is 2.89. The van der Waals surface area contributed by atoms with Gasteiger partial charge in [0.15, 0.2) is 6.61 Å². The quantitative estimate of drug-likeness (QED) is 0.715. The Labute approximate surface area is 162 Å². The van der Waals surface area contributed by atoms with Crippen LogP contribution in [0, 0.1) is 0 Å². The van der Waals surface area contributed by atoms with Crippen molar-refractivity contribution in [2.75, 3.05) is 32.1 Å². The molecule has 0 aliphatic carbocycles. The van der Waals surface area contributed by atoms with E-state index in [9.17, 15) is 9.59 Å². The predicted octanol–water partition coefficient (Wildman–Crippen LogP) is 3.61. The molecule has 6 heteroatoms. The van der Waals surface area contributed by atoms with E-state index < -0.39 is 5.60 Å². The van der Waals surface area contributed by atoms with E-state index in [0.29, 0.717) is 17.9 Å². The normalized spacial score (nSPS) is 16.5. The zero-order chi connectivity index (χ0) is 19.7. The second kappa shape index (κ2) is 10.3. The maximum atomic E-state index is 12.5. The summed E-state index contributed by atoms with van der Waals surface area (Å²) in [4.78, 5) is 26.5. The van der Waals surface area contributed by atoms with Crippen LogP contribution < -0.4 is 10.1 Å². The van der Waals surface area contributed by atoms with Gasteiger partial charge in [0.1, 0.15) is 11.4 Å². The highest BCUT2D eigenvalue weighted by Gasteiger charge is 2.32. The molecule has 27 heavy (non-hydrogen) atoms. The van der Waals surface area contributed by atoms with E-state index in [-0.39, 0.29) is 18.4 Å². The smallest absolute Gasteiger partial charge is 0.260 e. The fourth-order valence-corrected chi connectivity index (χ4v) is 3.10. The largest absolute Gasteiger partial charge is 0.484 e. The van der Waals surface area contributed by atoms with E-state index >= 15 is 0 Å². The summed E-state index contributed by atoms with van der Waals surface area (Å²) in [5.74, 6) is 0.477. The fourth-order valence-electron chi connectivity index (χ4n) is 3.10. The Morgan fingerprint density at radius 3 is 2.41 bits per heavy atom. The van der Waals surface area contributed by atoms with Gasteiger partial charge in [-0.15, -0.1) is 0 Å². The molecule has 2 amide bonds. The molecule has 0 bridgehead atoms. The van der Waals surface area contributed by atoms with Crippen LogP contribution in [0.2, 0.25) is 0 Å². The number of carbonyl (C=O) groups is 2. The predicted molar refractivity (Wildman–Crippen MR) is 106 cm³/mol. The molecule has 1 fully saturated rings. The Morgan fingerprint density at radius 1 is 1.15 bits per heavy atom. The summed E-state index contributed by atoms with van der Waals surface area (Å²) >= 11 is 0. The third kappa shape index (κ3) is 6.24. The summed E-state index contributed by atoms with van der Waals surface area (Å²) < 4.78 is 11.0. The van der Waals surface area contributed by atoms with Crippen molar-refractivity contribution in [2.45, 2.75) is 58.0 Å². The van der Waals surface area contributed by atoms with E-state index in [1.807, 2.05) is 11.8 Å². The first-order chi connectivity index (χ1) is 13.0. The summed E-state index contributed by atoms with van der Waals surface area (Å²) in [6.07, 6.45) is 5.94. The zero-order valence-electron chi connectivity index (χ0n) is 16.8. The first-order valence-corrected chi connectivity index (χ1v) is 9.86. The number of piperidine rings is 1. The van der Waals surface area contributed by atoms with E-state index in [1.54, 1.807) is 31.4 Å². The van der Waals surface area contributed by atoms with Crippen LogP contribution in [0.3, 0.4) is 0 Å². The Balaban J connectivity index is 1.85. The number of anilines is 1. The lowest BCUT2D eigenvalue weighted by Gasteiger charge is -2.27. The van der Waals surface area contributed by atoms with Crippen molar-refractivity contribution in [2.24, 2.45) is 0 Å². The van der Waals surface area contributed by atoms with Crippen LogP contribution in [0.5, 0.6) is 5.75 Å². The van der Waals surface area contributed by atoms with Crippen molar-refractivity contribution in [1.82, 2.24) is 4.90 Å². The summed E-state index contributed by atoms with van der Waals surface area (Å²) in [6, 6.07) is 7.06. The minimum absolute atomic E-state index is 0.0267. The van der Waals surface area contributed by atoms with Crippen LogP contribution in [0.4, 0.5) is 5.69 Å². The molecule has 150 valence electrons. The van der Waals surface area contributed by atoms with Crippen LogP contribution >= 0.6 is 0 Å². The van der Waals surface area contributed by atoms with Crippen molar-refractivity contribution in [1.29, 1.82) is 0 Å². The molecule has 1 aromatic carbocycles. The lowest BCUT2D eigenvalue weighted by molar-refractivity contribution is -0.136. The Hall–Kier alpha value is -2.08. The number of methoxy groups -OCH3 is 1. The third-order valence-corrected chi connectivity index (χ3v) is 5.12. The second-order valence-corrected chi connectivity index (χ2v) is 7.25. The number of unbranched alkanes of at least 4 members (excludes halogenated alkanes) is 1. The number of benzene rings is 1. The molecule has 0 aromatic heterocycles. The molecule has 6 nitrogen and oxygen atoms in total. The highest BCUT2D eigenvalue weighted by molar-refractivity contribution is 5.97. The monoisotopic (exact) mass is 376 g/mol. The van der Waals surface area contributed by atoms with Gasteiger partial charge in [-0.2, -0.15) is 0 Å². The van der Waals surface area contributed by atoms with Crippen molar-refractivity contribution in [3.8, 4) is 5.75 Å². The first-order valence-electron chi connectivity index (χ1n) is 9.86. The molecule has 1 aromatic rings. The van der Waals surface area contributed by atoms with Gasteiger partial charge in [-0.3, -0.25) is 9.59 Å². The topological polar surface area (TPSA) is 67.9 Å². The molecule has 1 aliphatic heterocycles. The molecular weight excluding hydrogens is 344 g/mol. The molecule has 2 rings (SSSR count). The lowest BCUT2D eigenvalue weighted by Crippen LogP contribution is -2.41. The van der Waals surface area contributed by atoms with Crippen LogP contribution in [-0.4, -0.2) is 49.1 Å². The maximum Gasteiger partial charge on any atom is 0.260 e. The first kappa shape index (κ1) is 21.2. The van der Waals surface area contributed by atoms with Crippen LogP contribution in [0.25, 0.3) is 0 Å². The Bertz CT molecular complexity index is 611. The van der Waals surface area contributed by atoms with Crippen molar-refractivity contribution in [3.05, 3.63) is 24.3 Å². The van der Waals surface area contributed by atoms with Crippen LogP contribution in [0.1, 0.15) is 52.4 Å². The molecule has 0 saturated carbocycles. The van der Waals surface area contributed by atoms with Gasteiger partial charge in [-0.25, -0.2) is 0 Å². The molecular formula is C21H32N2O4. The number of nitrogens with one attached hydrogen (secondary N) is 1. The van der Waals surface area contributed by atoms with Crippen molar-refractivity contribution < 1.29 is 19.1 Å². The van der Waals surface area contributed by atoms with E-state index in [2.05, 4.69) is 12.2 Å². The minimum Gasteiger partial charge on any atom is -0.484 e. The number of rotatable bonds is 9. The maximum absolute atomic E-state index is 12.5. The van der Waals surface area contributed by atoms with Gasteiger partial charge < -0.3 is 19.7 Å². The fraction of sp³-hybridized carbons (Fsp3) is 0.619.